The fraction of sp³-hybridized carbons (Fsp3) is 0.111. The highest BCUT2D eigenvalue weighted by atomic mass is 32.1. The average molecular weight is 244 g/mol. The number of aromatic nitrogens is 2. The normalized spacial score (nSPS) is 10.9. The molecule has 0 bridgehead atoms. The Morgan fingerprint density at radius 1 is 1.44 bits per heavy atom. The molecule has 84 valence electrons. The van der Waals surface area contributed by atoms with Gasteiger partial charge in [-0.05, 0) is 0 Å². The Morgan fingerprint density at radius 3 is 2.69 bits per heavy atom. The summed E-state index contributed by atoms with van der Waals surface area (Å²) in [4.78, 5) is 14.4. The Balaban J connectivity index is 2.68. The van der Waals surface area contributed by atoms with Crippen molar-refractivity contribution in [3.8, 4) is 0 Å². The SMILES string of the molecule is O=C(O)Cn1c(S)nc2cc(F)c(F)cc21. The number of fused-ring (bicyclic) bond motifs is 1. The Bertz CT molecular complexity index is 582. The molecule has 0 fully saturated rings. The molecule has 0 spiro atoms. The summed E-state index contributed by atoms with van der Waals surface area (Å²) >= 11 is 3.94. The van der Waals surface area contributed by atoms with Crippen molar-refractivity contribution in [2.45, 2.75) is 11.7 Å². The number of carboxylic acid groups (broad SMARTS) is 1. The molecule has 0 aliphatic heterocycles. The molecule has 7 heteroatoms. The first-order valence-corrected chi connectivity index (χ1v) is 4.70. The van der Waals surface area contributed by atoms with E-state index in [2.05, 4.69) is 17.6 Å². The van der Waals surface area contributed by atoms with E-state index in [9.17, 15) is 13.6 Å². The minimum Gasteiger partial charge on any atom is -0.480 e. The highest BCUT2D eigenvalue weighted by molar-refractivity contribution is 7.80. The number of carbonyl (C=O) groups is 1. The molecule has 1 aromatic heterocycles. The maximum Gasteiger partial charge on any atom is 0.323 e. The van der Waals surface area contributed by atoms with E-state index in [1.54, 1.807) is 0 Å². The van der Waals surface area contributed by atoms with Crippen LogP contribution < -0.4 is 0 Å². The molecule has 2 aromatic rings. The van der Waals surface area contributed by atoms with Crippen LogP contribution in [0.5, 0.6) is 0 Å². The number of benzene rings is 1. The molecule has 0 unspecified atom stereocenters. The van der Waals surface area contributed by atoms with E-state index in [1.165, 1.54) is 4.57 Å². The number of hydrogen-bond donors (Lipinski definition) is 2. The molecule has 0 aliphatic rings. The van der Waals surface area contributed by atoms with Crippen LogP contribution >= 0.6 is 12.6 Å². The van der Waals surface area contributed by atoms with Crippen LogP contribution in [0.25, 0.3) is 11.0 Å². The lowest BCUT2D eigenvalue weighted by molar-refractivity contribution is -0.137. The van der Waals surface area contributed by atoms with Crippen LogP contribution in [-0.4, -0.2) is 20.6 Å². The summed E-state index contributed by atoms with van der Waals surface area (Å²) in [6.07, 6.45) is 0. The maximum atomic E-state index is 13.0. The third-order valence-electron chi connectivity index (χ3n) is 2.06. The largest absolute Gasteiger partial charge is 0.480 e. The van der Waals surface area contributed by atoms with Crippen molar-refractivity contribution in [1.29, 1.82) is 0 Å². The van der Waals surface area contributed by atoms with Gasteiger partial charge in [0.05, 0.1) is 11.0 Å². The molecule has 4 nitrogen and oxygen atoms in total. The van der Waals surface area contributed by atoms with E-state index in [0.717, 1.165) is 12.1 Å². The number of hydrogen-bond acceptors (Lipinski definition) is 3. The average Bonchev–Trinajstić information content (AvgIpc) is 2.45. The van der Waals surface area contributed by atoms with Crippen LogP contribution in [0.2, 0.25) is 0 Å². The van der Waals surface area contributed by atoms with Crippen molar-refractivity contribution in [3.05, 3.63) is 23.8 Å². The van der Waals surface area contributed by atoms with Gasteiger partial charge >= 0.3 is 5.97 Å². The van der Waals surface area contributed by atoms with Gasteiger partial charge in [0.25, 0.3) is 0 Å². The van der Waals surface area contributed by atoms with Gasteiger partial charge in [0.1, 0.15) is 6.54 Å². The predicted octanol–water partition coefficient (Wildman–Crippen LogP) is 1.69. The predicted molar refractivity (Wildman–Crippen MR) is 54.5 cm³/mol. The van der Waals surface area contributed by atoms with Crippen molar-refractivity contribution in [2.24, 2.45) is 0 Å². The number of halogens is 2. The van der Waals surface area contributed by atoms with Crippen molar-refractivity contribution in [2.75, 3.05) is 0 Å². The number of thiol groups is 1. The Kier molecular flexibility index (Phi) is 2.55. The van der Waals surface area contributed by atoms with Gasteiger partial charge in [0.2, 0.25) is 0 Å². The minimum absolute atomic E-state index is 0.0994. The van der Waals surface area contributed by atoms with E-state index in [0.29, 0.717) is 0 Å². The summed E-state index contributed by atoms with van der Waals surface area (Å²) in [5.74, 6) is -3.19. The lowest BCUT2D eigenvalue weighted by atomic mass is 10.3. The first kappa shape index (κ1) is 10.9. The summed E-state index contributed by atoms with van der Waals surface area (Å²) in [6.45, 7) is -0.402. The van der Waals surface area contributed by atoms with Gasteiger partial charge in [-0.25, -0.2) is 13.8 Å². The fourth-order valence-corrected chi connectivity index (χ4v) is 1.68. The van der Waals surface area contributed by atoms with Crippen molar-refractivity contribution in [1.82, 2.24) is 9.55 Å². The standard InChI is InChI=1S/C9H6F2N2O2S/c10-4-1-6-7(2-5(4)11)13(3-8(14)15)9(16)12-6/h1-2H,3H2,(H,12,16)(H,14,15). The smallest absolute Gasteiger partial charge is 0.323 e. The molecule has 1 heterocycles. The lowest BCUT2D eigenvalue weighted by Crippen LogP contribution is -2.09. The second-order valence-corrected chi connectivity index (χ2v) is 3.55. The summed E-state index contributed by atoms with van der Waals surface area (Å²) < 4.78 is 27.1. The van der Waals surface area contributed by atoms with E-state index < -0.39 is 24.1 Å². The van der Waals surface area contributed by atoms with Gasteiger partial charge < -0.3 is 9.67 Å². The first-order valence-electron chi connectivity index (χ1n) is 4.25. The molecule has 16 heavy (non-hydrogen) atoms. The van der Waals surface area contributed by atoms with Crippen molar-refractivity contribution in [3.63, 3.8) is 0 Å². The number of carboxylic acids is 1. The topological polar surface area (TPSA) is 55.1 Å². The monoisotopic (exact) mass is 244 g/mol. The van der Waals surface area contributed by atoms with Gasteiger partial charge in [-0.2, -0.15) is 0 Å². The Hall–Kier alpha value is -1.63. The second kappa shape index (κ2) is 3.75. The highest BCUT2D eigenvalue weighted by Crippen LogP contribution is 2.21. The van der Waals surface area contributed by atoms with E-state index in [1.807, 2.05) is 0 Å². The highest BCUT2D eigenvalue weighted by Gasteiger charge is 2.14. The second-order valence-electron chi connectivity index (χ2n) is 3.15. The van der Waals surface area contributed by atoms with Crippen molar-refractivity contribution >= 4 is 29.6 Å². The minimum atomic E-state index is -1.11. The zero-order valence-electron chi connectivity index (χ0n) is 7.81. The zero-order valence-corrected chi connectivity index (χ0v) is 8.71. The molecule has 1 N–H and O–H groups in total. The van der Waals surface area contributed by atoms with Crippen LogP contribution in [0, 0.1) is 11.6 Å². The number of imidazole rings is 1. The molecule has 2 rings (SSSR count). The first-order chi connectivity index (χ1) is 7.49. The molecule has 0 amide bonds. The molecule has 0 saturated carbocycles. The summed E-state index contributed by atoms with van der Waals surface area (Å²) in [5, 5.41) is 8.74. The quantitative estimate of drug-likeness (QED) is 0.790. The van der Waals surface area contributed by atoms with Gasteiger partial charge in [0, 0.05) is 12.1 Å². The van der Waals surface area contributed by atoms with Gasteiger partial charge in [-0.15, -0.1) is 12.6 Å². The molecule has 1 aromatic carbocycles. The van der Waals surface area contributed by atoms with E-state index in [-0.39, 0.29) is 16.2 Å². The maximum absolute atomic E-state index is 13.0. The third kappa shape index (κ3) is 1.73. The summed E-state index contributed by atoms with van der Waals surface area (Å²) in [6, 6.07) is 1.81. The summed E-state index contributed by atoms with van der Waals surface area (Å²) in [7, 11) is 0. The number of aliphatic carboxylic acids is 1. The summed E-state index contributed by atoms with van der Waals surface area (Å²) in [5.41, 5.74) is 0.372. The molecular weight excluding hydrogens is 238 g/mol. The van der Waals surface area contributed by atoms with Crippen LogP contribution in [-0.2, 0) is 11.3 Å². The molecule has 0 atom stereocenters. The Morgan fingerprint density at radius 2 is 2.06 bits per heavy atom. The van der Waals surface area contributed by atoms with E-state index in [4.69, 9.17) is 5.11 Å². The van der Waals surface area contributed by atoms with Crippen LogP contribution in [0.4, 0.5) is 8.78 Å². The van der Waals surface area contributed by atoms with Gasteiger partial charge in [-0.1, -0.05) is 0 Å². The fourth-order valence-electron chi connectivity index (χ4n) is 1.40. The lowest BCUT2D eigenvalue weighted by Gasteiger charge is -2.01. The third-order valence-corrected chi connectivity index (χ3v) is 2.40. The van der Waals surface area contributed by atoms with Gasteiger partial charge in [0.15, 0.2) is 16.8 Å². The van der Waals surface area contributed by atoms with Crippen LogP contribution in [0.15, 0.2) is 17.3 Å². The van der Waals surface area contributed by atoms with Crippen molar-refractivity contribution < 1.29 is 18.7 Å². The van der Waals surface area contributed by atoms with Gasteiger partial charge in [-0.3, -0.25) is 4.79 Å². The molecular formula is C9H6F2N2O2S. The molecule has 0 saturated heterocycles. The van der Waals surface area contributed by atoms with Crippen LogP contribution in [0.3, 0.4) is 0 Å². The molecule has 0 aliphatic carbocycles. The van der Waals surface area contributed by atoms with E-state index >= 15 is 0 Å². The van der Waals surface area contributed by atoms with Crippen LogP contribution in [0.1, 0.15) is 0 Å². The molecule has 0 radical (unpaired) electrons. The Labute approximate surface area is 93.9 Å². The zero-order chi connectivity index (χ0) is 11.9. The number of rotatable bonds is 2. The number of nitrogens with zero attached hydrogens (tertiary/aromatic N) is 2.